The summed E-state index contributed by atoms with van der Waals surface area (Å²) in [4.78, 5) is 32.8. The van der Waals surface area contributed by atoms with E-state index in [0.717, 1.165) is 0 Å². The largest absolute Gasteiger partial charge is 0.461 e. The second-order valence-electron chi connectivity index (χ2n) is 4.12. The van der Waals surface area contributed by atoms with Gasteiger partial charge in [0.15, 0.2) is 12.2 Å². The van der Waals surface area contributed by atoms with Gasteiger partial charge in [-0.2, -0.15) is 0 Å². The topological polar surface area (TPSA) is 99.1 Å². The highest BCUT2D eigenvalue weighted by Gasteiger charge is 2.41. The summed E-state index contributed by atoms with van der Waals surface area (Å²) in [6, 6.07) is 0. The lowest BCUT2D eigenvalue weighted by Crippen LogP contribution is -2.39. The SMILES string of the molecule is CC(=O)OCC1=C[C@H](O)[C@H](OC(C)=O)[C@@H]1OC(C)=O. The van der Waals surface area contributed by atoms with Crippen molar-refractivity contribution < 1.29 is 33.7 Å². The van der Waals surface area contributed by atoms with E-state index in [2.05, 4.69) is 0 Å². The minimum Gasteiger partial charge on any atom is -0.461 e. The predicted molar refractivity (Wildman–Crippen MR) is 61.8 cm³/mol. The zero-order valence-electron chi connectivity index (χ0n) is 10.9. The van der Waals surface area contributed by atoms with Crippen LogP contribution in [0.25, 0.3) is 0 Å². The number of hydrogen-bond acceptors (Lipinski definition) is 7. The van der Waals surface area contributed by atoms with Crippen LogP contribution < -0.4 is 0 Å². The highest BCUT2D eigenvalue weighted by atomic mass is 16.6. The maximum Gasteiger partial charge on any atom is 0.303 e. The number of aliphatic hydroxyl groups excluding tert-OH is 1. The van der Waals surface area contributed by atoms with Crippen molar-refractivity contribution in [2.24, 2.45) is 0 Å². The van der Waals surface area contributed by atoms with Gasteiger partial charge in [-0.05, 0) is 6.08 Å². The first-order valence-electron chi connectivity index (χ1n) is 5.67. The van der Waals surface area contributed by atoms with Crippen LogP contribution in [0.15, 0.2) is 11.6 Å². The molecule has 0 fully saturated rings. The Labute approximate surface area is 110 Å². The van der Waals surface area contributed by atoms with Gasteiger partial charge < -0.3 is 19.3 Å². The molecule has 3 atom stereocenters. The molecule has 0 unspecified atom stereocenters. The van der Waals surface area contributed by atoms with Crippen molar-refractivity contribution >= 4 is 17.9 Å². The average Bonchev–Trinajstić information content (AvgIpc) is 2.53. The van der Waals surface area contributed by atoms with Gasteiger partial charge in [0.1, 0.15) is 12.7 Å². The molecule has 0 spiro atoms. The van der Waals surface area contributed by atoms with Crippen molar-refractivity contribution in [1.29, 1.82) is 0 Å². The molecule has 0 saturated carbocycles. The molecule has 7 nitrogen and oxygen atoms in total. The van der Waals surface area contributed by atoms with Gasteiger partial charge in [-0.25, -0.2) is 0 Å². The van der Waals surface area contributed by atoms with Crippen LogP contribution >= 0.6 is 0 Å². The van der Waals surface area contributed by atoms with Crippen LogP contribution in [-0.4, -0.2) is 47.9 Å². The van der Waals surface area contributed by atoms with Gasteiger partial charge in [0, 0.05) is 26.3 Å². The van der Waals surface area contributed by atoms with Crippen LogP contribution in [-0.2, 0) is 28.6 Å². The fourth-order valence-electron chi connectivity index (χ4n) is 1.76. The third-order valence-corrected chi connectivity index (χ3v) is 2.42. The van der Waals surface area contributed by atoms with E-state index in [1.807, 2.05) is 0 Å². The van der Waals surface area contributed by atoms with Gasteiger partial charge in [-0.1, -0.05) is 0 Å². The van der Waals surface area contributed by atoms with Crippen LogP contribution in [0.3, 0.4) is 0 Å². The van der Waals surface area contributed by atoms with Crippen LogP contribution in [0.2, 0.25) is 0 Å². The molecule has 0 aromatic carbocycles. The molecule has 1 aliphatic rings. The van der Waals surface area contributed by atoms with Gasteiger partial charge in [0.2, 0.25) is 0 Å². The van der Waals surface area contributed by atoms with E-state index < -0.39 is 36.2 Å². The fourth-order valence-corrected chi connectivity index (χ4v) is 1.76. The first kappa shape index (κ1) is 15.2. The Balaban J connectivity index is 2.82. The summed E-state index contributed by atoms with van der Waals surface area (Å²) in [5, 5.41) is 9.77. The van der Waals surface area contributed by atoms with E-state index in [9.17, 15) is 19.5 Å². The molecule has 0 amide bonds. The van der Waals surface area contributed by atoms with E-state index in [-0.39, 0.29) is 6.61 Å². The highest BCUT2D eigenvalue weighted by Crippen LogP contribution is 2.26. The van der Waals surface area contributed by atoms with Crippen molar-refractivity contribution in [2.75, 3.05) is 6.61 Å². The molecule has 1 N–H and O–H groups in total. The van der Waals surface area contributed by atoms with Crippen LogP contribution in [0.5, 0.6) is 0 Å². The monoisotopic (exact) mass is 272 g/mol. The molecular formula is C12H16O7. The fraction of sp³-hybridized carbons (Fsp3) is 0.583. The molecule has 0 aromatic heterocycles. The smallest absolute Gasteiger partial charge is 0.303 e. The minimum absolute atomic E-state index is 0.137. The second kappa shape index (κ2) is 6.33. The zero-order valence-corrected chi connectivity index (χ0v) is 10.9. The van der Waals surface area contributed by atoms with Gasteiger partial charge >= 0.3 is 17.9 Å². The predicted octanol–water partition coefficient (Wildman–Crippen LogP) is -0.286. The summed E-state index contributed by atoms with van der Waals surface area (Å²) < 4.78 is 14.7. The number of rotatable bonds is 4. The molecule has 0 heterocycles. The van der Waals surface area contributed by atoms with E-state index in [1.54, 1.807) is 0 Å². The lowest BCUT2D eigenvalue weighted by Gasteiger charge is -2.23. The molecule has 19 heavy (non-hydrogen) atoms. The molecule has 0 aliphatic heterocycles. The van der Waals surface area contributed by atoms with E-state index in [4.69, 9.17) is 14.2 Å². The van der Waals surface area contributed by atoms with Crippen molar-refractivity contribution in [3.05, 3.63) is 11.6 Å². The second-order valence-corrected chi connectivity index (χ2v) is 4.12. The summed E-state index contributed by atoms with van der Waals surface area (Å²) in [5.41, 5.74) is 0.379. The molecule has 0 saturated heterocycles. The maximum atomic E-state index is 11.0. The molecule has 0 radical (unpaired) electrons. The van der Waals surface area contributed by atoms with Crippen LogP contribution in [0.1, 0.15) is 20.8 Å². The lowest BCUT2D eigenvalue weighted by molar-refractivity contribution is -0.166. The number of esters is 3. The third kappa shape index (κ3) is 4.36. The Hall–Kier alpha value is -1.89. The quantitative estimate of drug-likeness (QED) is 0.426. The summed E-state index contributed by atoms with van der Waals surface area (Å²) in [7, 11) is 0. The third-order valence-electron chi connectivity index (χ3n) is 2.42. The van der Waals surface area contributed by atoms with E-state index in [0.29, 0.717) is 5.57 Å². The molecule has 106 valence electrons. The summed E-state index contributed by atoms with van der Waals surface area (Å²) in [6.07, 6.45) is -1.73. The van der Waals surface area contributed by atoms with E-state index in [1.165, 1.54) is 26.8 Å². The number of carbonyl (C=O) groups excluding carboxylic acids is 3. The number of hydrogen-bond donors (Lipinski definition) is 1. The summed E-state index contributed by atoms with van der Waals surface area (Å²) >= 11 is 0. The van der Waals surface area contributed by atoms with Crippen LogP contribution in [0.4, 0.5) is 0 Å². The standard InChI is InChI=1S/C12H16O7/c1-6(13)17-5-9-4-10(16)12(19-8(3)15)11(9)18-7(2)14/h4,10-12,16H,5H2,1-3H3/t10-,11+,12-/m0/s1. The van der Waals surface area contributed by atoms with Crippen molar-refractivity contribution in [3.8, 4) is 0 Å². The normalized spacial score (nSPS) is 25.5. The van der Waals surface area contributed by atoms with Crippen LogP contribution in [0, 0.1) is 0 Å². The first-order valence-corrected chi connectivity index (χ1v) is 5.67. The Kier molecular flexibility index (Phi) is 5.05. The molecule has 0 aromatic rings. The van der Waals surface area contributed by atoms with Gasteiger partial charge in [-0.15, -0.1) is 0 Å². The Bertz CT molecular complexity index is 412. The minimum atomic E-state index is -1.11. The first-order chi connectivity index (χ1) is 8.81. The van der Waals surface area contributed by atoms with E-state index >= 15 is 0 Å². The number of aliphatic hydroxyl groups is 1. The number of carbonyl (C=O) groups is 3. The number of ether oxygens (including phenoxy) is 3. The zero-order chi connectivity index (χ0) is 14.6. The van der Waals surface area contributed by atoms with Crippen molar-refractivity contribution in [1.82, 2.24) is 0 Å². The molecular weight excluding hydrogens is 256 g/mol. The Morgan fingerprint density at radius 1 is 1.11 bits per heavy atom. The Morgan fingerprint density at radius 3 is 2.16 bits per heavy atom. The summed E-state index contributed by atoms with van der Waals surface area (Å²) in [6.45, 7) is 3.47. The average molecular weight is 272 g/mol. The molecule has 1 aliphatic carbocycles. The maximum absolute atomic E-state index is 11.0. The van der Waals surface area contributed by atoms with Gasteiger partial charge in [-0.3, -0.25) is 14.4 Å². The van der Waals surface area contributed by atoms with Crippen molar-refractivity contribution in [3.63, 3.8) is 0 Å². The highest BCUT2D eigenvalue weighted by molar-refractivity contribution is 5.68. The van der Waals surface area contributed by atoms with Gasteiger partial charge in [0.05, 0.1) is 0 Å². The molecule has 0 bridgehead atoms. The molecule has 7 heteroatoms. The lowest BCUT2D eigenvalue weighted by atomic mass is 10.1. The Morgan fingerprint density at radius 2 is 1.68 bits per heavy atom. The molecule has 1 rings (SSSR count). The van der Waals surface area contributed by atoms with Crippen molar-refractivity contribution in [2.45, 2.75) is 39.1 Å². The van der Waals surface area contributed by atoms with Gasteiger partial charge in [0.25, 0.3) is 0 Å². The summed E-state index contributed by atoms with van der Waals surface area (Å²) in [5.74, 6) is -1.71.